The van der Waals surface area contributed by atoms with E-state index in [-0.39, 0.29) is 18.1 Å². The standard InChI is InChI=1S/C13H16BrN3O3/c1-3-8-17-13(19)12(14)10(9-16-17)15-7-5-6-11(18)20-4-2/h1,9,15H,4-8H2,2H3. The molecule has 1 rings (SSSR count). The van der Waals surface area contributed by atoms with E-state index >= 15 is 0 Å². The van der Waals surface area contributed by atoms with Crippen LogP contribution in [-0.2, 0) is 16.1 Å². The molecule has 0 saturated heterocycles. The number of esters is 1. The summed E-state index contributed by atoms with van der Waals surface area (Å²) in [5.41, 5.74) is 0.283. The predicted molar refractivity (Wildman–Crippen MR) is 79.4 cm³/mol. The second kappa shape index (κ2) is 8.38. The van der Waals surface area contributed by atoms with Crippen LogP contribution in [0.5, 0.6) is 0 Å². The molecule has 1 aromatic rings. The molecule has 0 unspecified atom stereocenters. The number of hydrogen-bond donors (Lipinski definition) is 1. The first-order valence-electron chi connectivity index (χ1n) is 6.18. The summed E-state index contributed by atoms with van der Waals surface area (Å²) in [4.78, 5) is 23.0. The molecule has 0 aromatic carbocycles. The molecular weight excluding hydrogens is 326 g/mol. The van der Waals surface area contributed by atoms with Gasteiger partial charge in [0.15, 0.2) is 0 Å². The first-order chi connectivity index (χ1) is 9.60. The molecule has 0 saturated carbocycles. The molecule has 7 heteroatoms. The van der Waals surface area contributed by atoms with Crippen molar-refractivity contribution in [3.05, 3.63) is 21.0 Å². The van der Waals surface area contributed by atoms with Crippen LogP contribution in [0.4, 0.5) is 5.69 Å². The number of halogens is 1. The molecule has 0 radical (unpaired) electrons. The zero-order valence-electron chi connectivity index (χ0n) is 11.2. The van der Waals surface area contributed by atoms with Gasteiger partial charge in [-0.1, -0.05) is 5.92 Å². The molecule has 20 heavy (non-hydrogen) atoms. The lowest BCUT2D eigenvalue weighted by molar-refractivity contribution is -0.143. The van der Waals surface area contributed by atoms with Gasteiger partial charge in [0.2, 0.25) is 0 Å². The smallest absolute Gasteiger partial charge is 0.305 e. The van der Waals surface area contributed by atoms with Gasteiger partial charge in [-0.2, -0.15) is 5.10 Å². The van der Waals surface area contributed by atoms with Gasteiger partial charge in [0, 0.05) is 13.0 Å². The molecule has 6 nitrogen and oxygen atoms in total. The average molecular weight is 342 g/mol. The fourth-order valence-electron chi connectivity index (χ4n) is 1.48. The summed E-state index contributed by atoms with van der Waals surface area (Å²) in [6.45, 7) is 2.82. The van der Waals surface area contributed by atoms with Gasteiger partial charge in [-0.05, 0) is 29.3 Å². The number of ether oxygens (including phenoxy) is 1. The predicted octanol–water partition coefficient (Wildman–Crippen LogP) is 1.39. The molecule has 0 amide bonds. The van der Waals surface area contributed by atoms with Crippen LogP contribution in [-0.4, -0.2) is 28.9 Å². The number of rotatable bonds is 7. The molecule has 0 fully saturated rings. The summed E-state index contributed by atoms with van der Waals surface area (Å²) >= 11 is 3.21. The van der Waals surface area contributed by atoms with Gasteiger partial charge in [-0.3, -0.25) is 9.59 Å². The van der Waals surface area contributed by atoms with Crippen molar-refractivity contribution in [2.45, 2.75) is 26.3 Å². The quantitative estimate of drug-likeness (QED) is 0.461. The van der Waals surface area contributed by atoms with E-state index in [0.717, 1.165) is 0 Å². The minimum Gasteiger partial charge on any atom is -0.466 e. The Morgan fingerprint density at radius 1 is 1.65 bits per heavy atom. The summed E-state index contributed by atoms with van der Waals surface area (Å²) < 4.78 is 6.38. The Morgan fingerprint density at radius 2 is 2.40 bits per heavy atom. The highest BCUT2D eigenvalue weighted by molar-refractivity contribution is 9.10. The molecule has 1 aromatic heterocycles. The van der Waals surface area contributed by atoms with Gasteiger partial charge in [0.05, 0.1) is 18.5 Å². The number of carbonyl (C=O) groups excluding carboxylic acids is 1. The maximum absolute atomic E-state index is 11.8. The van der Waals surface area contributed by atoms with Gasteiger partial charge in [-0.15, -0.1) is 6.42 Å². The highest BCUT2D eigenvalue weighted by Gasteiger charge is 2.08. The summed E-state index contributed by atoms with van der Waals surface area (Å²) in [7, 11) is 0. The normalized spacial score (nSPS) is 9.85. The van der Waals surface area contributed by atoms with E-state index in [1.165, 1.54) is 10.9 Å². The zero-order valence-corrected chi connectivity index (χ0v) is 12.8. The number of nitrogens with zero attached hydrogens (tertiary/aromatic N) is 2. The number of anilines is 1. The summed E-state index contributed by atoms with van der Waals surface area (Å²) in [5.74, 6) is 2.13. The SMILES string of the molecule is C#CCn1ncc(NCCCC(=O)OCC)c(Br)c1=O. The van der Waals surface area contributed by atoms with E-state index in [1.807, 2.05) is 0 Å². The lowest BCUT2D eigenvalue weighted by atomic mass is 10.3. The average Bonchev–Trinajstić information content (AvgIpc) is 2.42. The Kier molecular flexibility index (Phi) is 6.81. The van der Waals surface area contributed by atoms with Crippen molar-refractivity contribution in [2.75, 3.05) is 18.5 Å². The summed E-state index contributed by atoms with van der Waals surface area (Å²) in [6, 6.07) is 0. The van der Waals surface area contributed by atoms with Crippen LogP contribution >= 0.6 is 15.9 Å². The molecule has 0 aliphatic rings. The van der Waals surface area contributed by atoms with Crippen molar-refractivity contribution in [1.29, 1.82) is 0 Å². The monoisotopic (exact) mass is 341 g/mol. The first-order valence-corrected chi connectivity index (χ1v) is 6.98. The maximum Gasteiger partial charge on any atom is 0.305 e. The van der Waals surface area contributed by atoms with E-state index < -0.39 is 0 Å². The fraction of sp³-hybridized carbons (Fsp3) is 0.462. The number of nitrogens with one attached hydrogen (secondary N) is 1. The van der Waals surface area contributed by atoms with Crippen LogP contribution < -0.4 is 10.9 Å². The molecule has 0 atom stereocenters. The third-order valence-electron chi connectivity index (χ3n) is 2.40. The Balaban J connectivity index is 2.53. The van der Waals surface area contributed by atoms with Crippen LogP contribution in [0.1, 0.15) is 19.8 Å². The van der Waals surface area contributed by atoms with Gasteiger partial charge >= 0.3 is 5.97 Å². The van der Waals surface area contributed by atoms with E-state index in [9.17, 15) is 9.59 Å². The molecule has 0 spiro atoms. The van der Waals surface area contributed by atoms with Crippen molar-refractivity contribution < 1.29 is 9.53 Å². The maximum atomic E-state index is 11.8. The van der Waals surface area contributed by atoms with Crippen molar-refractivity contribution in [2.24, 2.45) is 0 Å². The number of terminal acetylenes is 1. The topological polar surface area (TPSA) is 73.2 Å². The third kappa shape index (κ3) is 4.70. The second-order valence-corrected chi connectivity index (χ2v) is 4.67. The van der Waals surface area contributed by atoms with E-state index in [0.29, 0.717) is 36.2 Å². The van der Waals surface area contributed by atoms with E-state index in [1.54, 1.807) is 6.92 Å². The van der Waals surface area contributed by atoms with Crippen molar-refractivity contribution in [1.82, 2.24) is 9.78 Å². The van der Waals surface area contributed by atoms with Crippen LogP contribution in [0, 0.1) is 12.3 Å². The minimum atomic E-state index is -0.293. The Hall–Kier alpha value is -1.81. The minimum absolute atomic E-state index is 0.126. The highest BCUT2D eigenvalue weighted by Crippen LogP contribution is 2.16. The van der Waals surface area contributed by atoms with Crippen LogP contribution in [0.25, 0.3) is 0 Å². The summed E-state index contributed by atoms with van der Waals surface area (Å²) in [5, 5.41) is 6.99. The lowest BCUT2D eigenvalue weighted by Gasteiger charge is -2.09. The molecular formula is C13H16BrN3O3. The van der Waals surface area contributed by atoms with Crippen LogP contribution in [0.15, 0.2) is 15.5 Å². The van der Waals surface area contributed by atoms with Crippen LogP contribution in [0.3, 0.4) is 0 Å². The van der Waals surface area contributed by atoms with Gasteiger partial charge in [0.1, 0.15) is 11.0 Å². The molecule has 0 aliphatic carbocycles. The van der Waals surface area contributed by atoms with Gasteiger partial charge < -0.3 is 10.1 Å². The largest absolute Gasteiger partial charge is 0.466 e. The lowest BCUT2D eigenvalue weighted by Crippen LogP contribution is -2.24. The fourth-order valence-corrected chi connectivity index (χ4v) is 1.92. The zero-order chi connectivity index (χ0) is 15.0. The Morgan fingerprint density at radius 3 is 3.05 bits per heavy atom. The van der Waals surface area contributed by atoms with Gasteiger partial charge in [-0.25, -0.2) is 4.68 Å². The van der Waals surface area contributed by atoms with Crippen molar-refractivity contribution in [3.8, 4) is 12.3 Å². The number of aromatic nitrogens is 2. The third-order valence-corrected chi connectivity index (χ3v) is 3.17. The second-order valence-electron chi connectivity index (χ2n) is 3.87. The number of carbonyl (C=O) groups is 1. The van der Waals surface area contributed by atoms with Crippen molar-refractivity contribution in [3.63, 3.8) is 0 Å². The molecule has 108 valence electrons. The summed E-state index contributed by atoms with van der Waals surface area (Å²) in [6.07, 6.45) is 7.61. The Bertz CT molecular complexity index is 563. The molecule has 1 N–H and O–H groups in total. The molecule has 1 heterocycles. The van der Waals surface area contributed by atoms with Crippen molar-refractivity contribution >= 4 is 27.6 Å². The Labute approximate surface area is 125 Å². The van der Waals surface area contributed by atoms with Gasteiger partial charge in [0.25, 0.3) is 5.56 Å². The number of hydrogen-bond acceptors (Lipinski definition) is 5. The first kappa shape index (κ1) is 16.2. The van der Waals surface area contributed by atoms with E-state index in [4.69, 9.17) is 11.2 Å². The van der Waals surface area contributed by atoms with E-state index in [2.05, 4.69) is 32.3 Å². The molecule has 0 aliphatic heterocycles. The molecule has 0 bridgehead atoms. The van der Waals surface area contributed by atoms with Crippen LogP contribution in [0.2, 0.25) is 0 Å². The highest BCUT2D eigenvalue weighted by atomic mass is 79.9.